The first-order chi connectivity index (χ1) is 11.8. The van der Waals surface area contributed by atoms with Crippen molar-refractivity contribution in [1.29, 1.82) is 0 Å². The molecule has 25 heavy (non-hydrogen) atoms. The number of aromatic nitrogens is 1. The van der Waals surface area contributed by atoms with E-state index >= 15 is 0 Å². The van der Waals surface area contributed by atoms with Crippen molar-refractivity contribution >= 4 is 33.3 Å². The van der Waals surface area contributed by atoms with Gasteiger partial charge in [-0.15, -0.1) is 0 Å². The summed E-state index contributed by atoms with van der Waals surface area (Å²) < 4.78 is 28.4. The Bertz CT molecular complexity index is 738. The van der Waals surface area contributed by atoms with E-state index in [-0.39, 0.29) is 34.2 Å². The Morgan fingerprint density at radius 3 is 2.80 bits per heavy atom. The van der Waals surface area contributed by atoms with Crippen molar-refractivity contribution in [2.45, 2.75) is 32.2 Å². The summed E-state index contributed by atoms with van der Waals surface area (Å²) in [4.78, 5) is 29.8. The van der Waals surface area contributed by atoms with Crippen LogP contribution in [0.4, 0.5) is 0 Å². The van der Waals surface area contributed by atoms with E-state index in [0.29, 0.717) is 13.0 Å². The van der Waals surface area contributed by atoms with Crippen LogP contribution in [0.5, 0.6) is 0 Å². The number of esters is 1. The zero-order valence-electron chi connectivity index (χ0n) is 14.0. The molecule has 1 fully saturated rings. The second kappa shape index (κ2) is 8.62. The lowest BCUT2D eigenvalue weighted by molar-refractivity contribution is -0.136. The highest BCUT2D eigenvalue weighted by Crippen LogP contribution is 2.19. The third-order valence-electron chi connectivity index (χ3n) is 4.01. The van der Waals surface area contributed by atoms with Gasteiger partial charge in [-0.2, -0.15) is 0 Å². The topological polar surface area (TPSA) is 93.6 Å². The molecule has 0 radical (unpaired) electrons. The van der Waals surface area contributed by atoms with Crippen molar-refractivity contribution in [3.8, 4) is 0 Å². The molecule has 0 N–H and O–H groups in total. The fourth-order valence-corrected chi connectivity index (χ4v) is 4.59. The van der Waals surface area contributed by atoms with Gasteiger partial charge in [0.2, 0.25) is 0 Å². The van der Waals surface area contributed by atoms with Gasteiger partial charge in [0.1, 0.15) is 5.15 Å². The van der Waals surface area contributed by atoms with Crippen molar-refractivity contribution in [2.75, 3.05) is 24.7 Å². The zero-order valence-corrected chi connectivity index (χ0v) is 15.6. The SMILES string of the molecule is CCCCN(C(=O)COC(=O)c1ccnc(Cl)c1)C1CCS(=O)(=O)C1. The molecule has 1 saturated heterocycles. The lowest BCUT2D eigenvalue weighted by Gasteiger charge is -2.28. The van der Waals surface area contributed by atoms with Crippen LogP contribution in [0, 0.1) is 0 Å². The second-order valence-electron chi connectivity index (χ2n) is 5.94. The number of hydrogen-bond donors (Lipinski definition) is 0. The summed E-state index contributed by atoms with van der Waals surface area (Å²) in [5.74, 6) is -1.00. The summed E-state index contributed by atoms with van der Waals surface area (Å²) in [6.45, 7) is 2.01. The van der Waals surface area contributed by atoms with Crippen LogP contribution in [0.15, 0.2) is 18.3 Å². The summed E-state index contributed by atoms with van der Waals surface area (Å²) in [5.41, 5.74) is 0.205. The number of rotatable bonds is 7. The van der Waals surface area contributed by atoms with Gasteiger partial charge in [0.05, 0.1) is 17.1 Å². The molecule has 1 amide bonds. The van der Waals surface area contributed by atoms with Gasteiger partial charge in [0, 0.05) is 18.8 Å². The number of carbonyl (C=O) groups excluding carboxylic acids is 2. The minimum absolute atomic E-state index is 0.0314. The molecule has 2 heterocycles. The molecule has 0 saturated carbocycles. The Labute approximate surface area is 152 Å². The number of sulfone groups is 1. The van der Waals surface area contributed by atoms with Crippen molar-refractivity contribution in [2.24, 2.45) is 0 Å². The van der Waals surface area contributed by atoms with Crippen LogP contribution in [0.2, 0.25) is 5.15 Å². The molecule has 9 heteroatoms. The minimum Gasteiger partial charge on any atom is -0.452 e. The smallest absolute Gasteiger partial charge is 0.338 e. The maximum absolute atomic E-state index is 12.5. The standard InChI is InChI=1S/C16H21ClN2O5S/c1-2-3-7-19(13-5-8-25(22,23)11-13)15(20)10-24-16(21)12-4-6-18-14(17)9-12/h4,6,9,13H,2-3,5,7-8,10-11H2,1H3. The van der Waals surface area contributed by atoms with Crippen LogP contribution in [0.3, 0.4) is 0 Å². The molecule has 0 aliphatic carbocycles. The predicted octanol–water partition coefficient (Wildman–Crippen LogP) is 1.71. The van der Waals surface area contributed by atoms with Gasteiger partial charge >= 0.3 is 5.97 Å². The third-order valence-corrected chi connectivity index (χ3v) is 5.97. The van der Waals surface area contributed by atoms with E-state index in [9.17, 15) is 18.0 Å². The van der Waals surface area contributed by atoms with Crippen LogP contribution in [0.1, 0.15) is 36.5 Å². The molecule has 2 rings (SSSR count). The van der Waals surface area contributed by atoms with Crippen LogP contribution >= 0.6 is 11.6 Å². The quantitative estimate of drug-likeness (QED) is 0.521. The largest absolute Gasteiger partial charge is 0.452 e. The first kappa shape index (κ1) is 19.7. The molecular formula is C16H21ClN2O5S. The van der Waals surface area contributed by atoms with Crippen LogP contribution in [-0.4, -0.2) is 60.9 Å². The fourth-order valence-electron chi connectivity index (χ4n) is 2.68. The molecule has 138 valence electrons. The van der Waals surface area contributed by atoms with Gasteiger partial charge in [-0.05, 0) is 25.0 Å². The Morgan fingerprint density at radius 1 is 1.44 bits per heavy atom. The summed E-state index contributed by atoms with van der Waals surface area (Å²) in [6, 6.07) is 2.45. The Hall–Kier alpha value is -1.67. The van der Waals surface area contributed by atoms with Gasteiger partial charge in [-0.25, -0.2) is 18.2 Å². The number of ether oxygens (including phenoxy) is 1. The molecule has 7 nitrogen and oxygen atoms in total. The highest BCUT2D eigenvalue weighted by Gasteiger charge is 2.34. The molecule has 1 unspecified atom stereocenters. The van der Waals surface area contributed by atoms with E-state index in [2.05, 4.69) is 4.98 Å². The highest BCUT2D eigenvalue weighted by atomic mass is 35.5. The van der Waals surface area contributed by atoms with Crippen LogP contribution < -0.4 is 0 Å². The molecule has 1 atom stereocenters. The minimum atomic E-state index is -3.10. The first-order valence-electron chi connectivity index (χ1n) is 8.11. The normalized spacial score (nSPS) is 18.7. The van der Waals surface area contributed by atoms with Crippen molar-refractivity contribution < 1.29 is 22.7 Å². The van der Waals surface area contributed by atoms with E-state index in [0.717, 1.165) is 12.8 Å². The van der Waals surface area contributed by atoms with Crippen molar-refractivity contribution in [3.05, 3.63) is 29.0 Å². The lowest BCUT2D eigenvalue weighted by Crippen LogP contribution is -2.43. The predicted molar refractivity (Wildman–Crippen MR) is 93.2 cm³/mol. The molecular weight excluding hydrogens is 368 g/mol. The lowest BCUT2D eigenvalue weighted by atomic mass is 10.2. The van der Waals surface area contributed by atoms with E-state index in [4.69, 9.17) is 16.3 Å². The monoisotopic (exact) mass is 388 g/mol. The third kappa shape index (κ3) is 5.67. The fraction of sp³-hybridized carbons (Fsp3) is 0.562. The number of unbranched alkanes of at least 4 members (excludes halogenated alkanes) is 1. The molecule has 0 spiro atoms. The van der Waals surface area contributed by atoms with Crippen molar-refractivity contribution in [3.63, 3.8) is 0 Å². The van der Waals surface area contributed by atoms with E-state index in [1.165, 1.54) is 23.2 Å². The molecule has 1 aliphatic heterocycles. The average Bonchev–Trinajstić information content (AvgIpc) is 2.92. The number of hydrogen-bond acceptors (Lipinski definition) is 6. The Balaban J connectivity index is 1.98. The average molecular weight is 389 g/mol. The van der Waals surface area contributed by atoms with Gasteiger partial charge in [0.25, 0.3) is 5.91 Å². The Morgan fingerprint density at radius 2 is 2.20 bits per heavy atom. The molecule has 1 aromatic heterocycles. The summed E-state index contributed by atoms with van der Waals surface area (Å²) in [5, 5.41) is 0.154. The number of carbonyl (C=O) groups is 2. The number of pyridine rings is 1. The first-order valence-corrected chi connectivity index (χ1v) is 10.3. The van der Waals surface area contributed by atoms with Crippen LogP contribution in [0.25, 0.3) is 0 Å². The van der Waals surface area contributed by atoms with E-state index in [1.807, 2.05) is 6.92 Å². The molecule has 1 aliphatic rings. The van der Waals surface area contributed by atoms with Gasteiger partial charge in [0.15, 0.2) is 16.4 Å². The summed E-state index contributed by atoms with van der Waals surface area (Å²) in [7, 11) is -3.10. The van der Waals surface area contributed by atoms with E-state index < -0.39 is 22.4 Å². The van der Waals surface area contributed by atoms with Crippen LogP contribution in [-0.2, 0) is 19.4 Å². The van der Waals surface area contributed by atoms with Gasteiger partial charge in [-0.1, -0.05) is 24.9 Å². The Kier molecular flexibility index (Phi) is 6.78. The maximum atomic E-state index is 12.5. The molecule has 0 bridgehead atoms. The second-order valence-corrected chi connectivity index (χ2v) is 8.56. The zero-order chi connectivity index (χ0) is 18.4. The highest BCUT2D eigenvalue weighted by molar-refractivity contribution is 7.91. The van der Waals surface area contributed by atoms with E-state index in [1.54, 1.807) is 0 Å². The van der Waals surface area contributed by atoms with Gasteiger partial charge < -0.3 is 9.64 Å². The molecule has 0 aromatic carbocycles. The summed E-state index contributed by atoms with van der Waals surface area (Å²) in [6.07, 6.45) is 3.43. The van der Waals surface area contributed by atoms with Gasteiger partial charge in [-0.3, -0.25) is 4.79 Å². The maximum Gasteiger partial charge on any atom is 0.338 e. The molecule has 1 aromatic rings. The number of nitrogens with zero attached hydrogens (tertiary/aromatic N) is 2. The number of halogens is 1. The van der Waals surface area contributed by atoms with Crippen molar-refractivity contribution in [1.82, 2.24) is 9.88 Å². The number of amides is 1. The summed E-state index contributed by atoms with van der Waals surface area (Å²) >= 11 is 5.72.